The van der Waals surface area contributed by atoms with E-state index in [1.807, 2.05) is 11.1 Å². The Bertz CT molecular complexity index is 1230. The van der Waals surface area contributed by atoms with E-state index in [0.29, 0.717) is 25.4 Å². The third-order valence-corrected chi connectivity index (χ3v) is 5.67. The maximum atomic E-state index is 14.8. The molecule has 1 aromatic heterocycles. The number of ether oxygens (including phenoxy) is 2. The van der Waals surface area contributed by atoms with Crippen molar-refractivity contribution >= 4 is 28.9 Å². The third kappa shape index (κ3) is 4.53. The number of hydrogen-bond acceptors (Lipinski definition) is 7. The Balaban J connectivity index is 1.84. The fraction of sp³-hybridized carbons (Fsp3) is 0.273. The van der Waals surface area contributed by atoms with E-state index in [2.05, 4.69) is 5.10 Å². The number of aromatic nitrogens is 2. The molecule has 172 valence electrons. The smallest absolute Gasteiger partial charge is 0.344 e. The van der Waals surface area contributed by atoms with E-state index < -0.39 is 22.4 Å². The second-order valence-corrected chi connectivity index (χ2v) is 7.95. The summed E-state index contributed by atoms with van der Waals surface area (Å²) < 4.78 is 27.1. The number of nitrogens with zero attached hydrogens (tertiary/aromatic N) is 4. The van der Waals surface area contributed by atoms with Crippen LogP contribution in [0.2, 0.25) is 5.02 Å². The second kappa shape index (κ2) is 9.16. The van der Waals surface area contributed by atoms with Gasteiger partial charge in [-0.25, -0.2) is 9.18 Å². The van der Waals surface area contributed by atoms with Crippen molar-refractivity contribution < 1.29 is 23.6 Å². The molecule has 3 aromatic rings. The first-order chi connectivity index (χ1) is 15.8. The first kappa shape index (κ1) is 22.7. The maximum absolute atomic E-state index is 14.8. The van der Waals surface area contributed by atoms with Gasteiger partial charge < -0.3 is 14.4 Å². The van der Waals surface area contributed by atoms with Crippen molar-refractivity contribution in [1.82, 2.24) is 9.78 Å². The molecule has 1 saturated heterocycles. The summed E-state index contributed by atoms with van der Waals surface area (Å²) in [6.07, 6.45) is 3.26. The average molecular weight is 475 g/mol. The van der Waals surface area contributed by atoms with Gasteiger partial charge in [-0.1, -0.05) is 11.6 Å². The molecule has 4 rings (SSSR count). The lowest BCUT2D eigenvalue weighted by atomic mass is 9.97. The maximum Gasteiger partial charge on any atom is 0.344 e. The van der Waals surface area contributed by atoms with Crippen LogP contribution in [-0.4, -0.2) is 47.5 Å². The quantitative estimate of drug-likeness (QED) is 0.311. The van der Waals surface area contributed by atoms with Crippen LogP contribution in [0.15, 0.2) is 42.7 Å². The molecule has 11 heteroatoms. The standard InChI is InChI=1S/C22H20ClFN4O5/c1-26-11-13(10-25-26)20-12-27(5-6-33-20)15-8-17(16-4-3-14(23)7-19(16)24)21(28(30)31)18(9-15)22(29)32-2/h3-4,7-11,20H,5-6,12H2,1-2H3. The van der Waals surface area contributed by atoms with Crippen LogP contribution in [0, 0.1) is 15.9 Å². The normalized spacial score (nSPS) is 16.0. The Hall–Kier alpha value is -3.50. The molecule has 0 aliphatic carbocycles. The molecular formula is C22H20ClFN4O5. The molecule has 1 aliphatic rings. The van der Waals surface area contributed by atoms with Gasteiger partial charge in [-0.3, -0.25) is 14.8 Å². The lowest BCUT2D eigenvalue weighted by Gasteiger charge is -2.34. The number of anilines is 1. The van der Waals surface area contributed by atoms with Crippen molar-refractivity contribution in [3.05, 3.63) is 74.8 Å². The molecule has 0 saturated carbocycles. The fourth-order valence-corrected chi connectivity index (χ4v) is 4.03. The predicted molar refractivity (Wildman–Crippen MR) is 119 cm³/mol. The van der Waals surface area contributed by atoms with Crippen LogP contribution >= 0.6 is 11.6 Å². The number of morpholine rings is 1. The van der Waals surface area contributed by atoms with Gasteiger partial charge in [0.2, 0.25) is 0 Å². The number of nitro benzene ring substituents is 1. The summed E-state index contributed by atoms with van der Waals surface area (Å²) in [4.78, 5) is 25.7. The van der Waals surface area contributed by atoms with Gasteiger partial charge >= 0.3 is 5.97 Å². The molecule has 0 bridgehead atoms. The zero-order valence-corrected chi connectivity index (χ0v) is 18.6. The number of carbonyl (C=O) groups is 1. The number of aryl methyl sites for hydroxylation is 1. The molecular weight excluding hydrogens is 455 g/mol. The van der Waals surface area contributed by atoms with Gasteiger partial charge in [0.05, 0.1) is 30.4 Å². The molecule has 9 nitrogen and oxygen atoms in total. The molecule has 0 amide bonds. The van der Waals surface area contributed by atoms with Gasteiger partial charge in [-0.05, 0) is 30.3 Å². The monoisotopic (exact) mass is 474 g/mol. The van der Waals surface area contributed by atoms with Gasteiger partial charge in [0.15, 0.2) is 0 Å². The number of halogens is 2. The number of methoxy groups -OCH3 is 1. The Morgan fingerprint density at radius 1 is 1.33 bits per heavy atom. The SMILES string of the molecule is COC(=O)c1cc(N2CCOC(c3cnn(C)c3)C2)cc(-c2ccc(Cl)cc2F)c1[N+](=O)[O-]. The fourth-order valence-electron chi connectivity index (χ4n) is 3.87. The zero-order valence-electron chi connectivity index (χ0n) is 17.8. The Labute approximate surface area is 193 Å². The molecule has 33 heavy (non-hydrogen) atoms. The average Bonchev–Trinajstić information content (AvgIpc) is 3.24. The highest BCUT2D eigenvalue weighted by Gasteiger charge is 2.31. The van der Waals surface area contributed by atoms with E-state index in [9.17, 15) is 19.3 Å². The van der Waals surface area contributed by atoms with E-state index in [-0.39, 0.29) is 27.8 Å². The molecule has 0 radical (unpaired) electrons. The molecule has 1 fully saturated rings. The highest BCUT2D eigenvalue weighted by Crippen LogP contribution is 2.40. The first-order valence-electron chi connectivity index (χ1n) is 9.99. The van der Waals surface area contributed by atoms with E-state index in [1.165, 1.54) is 24.3 Å². The summed E-state index contributed by atoms with van der Waals surface area (Å²) in [6, 6.07) is 6.75. The van der Waals surface area contributed by atoms with Crippen molar-refractivity contribution in [2.45, 2.75) is 6.10 Å². The molecule has 1 atom stereocenters. The van der Waals surface area contributed by atoms with Crippen LogP contribution in [0.5, 0.6) is 0 Å². The number of hydrogen-bond donors (Lipinski definition) is 0. The largest absolute Gasteiger partial charge is 0.465 e. The van der Waals surface area contributed by atoms with Crippen LogP contribution in [0.25, 0.3) is 11.1 Å². The van der Waals surface area contributed by atoms with Gasteiger partial charge in [0.1, 0.15) is 17.5 Å². The minimum Gasteiger partial charge on any atom is -0.465 e. The lowest BCUT2D eigenvalue weighted by molar-refractivity contribution is -0.384. The van der Waals surface area contributed by atoms with Crippen molar-refractivity contribution in [1.29, 1.82) is 0 Å². The number of esters is 1. The molecule has 2 aromatic carbocycles. The van der Waals surface area contributed by atoms with Crippen LogP contribution in [-0.2, 0) is 16.5 Å². The van der Waals surface area contributed by atoms with Crippen molar-refractivity contribution in [2.24, 2.45) is 7.05 Å². The van der Waals surface area contributed by atoms with E-state index in [0.717, 1.165) is 18.7 Å². The van der Waals surface area contributed by atoms with Gasteiger partial charge in [-0.15, -0.1) is 0 Å². The molecule has 1 unspecified atom stereocenters. The summed E-state index contributed by atoms with van der Waals surface area (Å²) in [7, 11) is 2.93. The topological polar surface area (TPSA) is 99.7 Å². The molecule has 1 aliphatic heterocycles. The minimum atomic E-state index is -0.892. The zero-order chi connectivity index (χ0) is 23.7. The van der Waals surface area contributed by atoms with Crippen LogP contribution in [0.4, 0.5) is 15.8 Å². The van der Waals surface area contributed by atoms with Crippen LogP contribution in [0.3, 0.4) is 0 Å². The number of nitro groups is 1. The second-order valence-electron chi connectivity index (χ2n) is 7.52. The van der Waals surface area contributed by atoms with Crippen LogP contribution < -0.4 is 4.90 Å². The molecule has 0 spiro atoms. The van der Waals surface area contributed by atoms with E-state index in [1.54, 1.807) is 17.9 Å². The van der Waals surface area contributed by atoms with Crippen molar-refractivity contribution in [2.75, 3.05) is 31.7 Å². The highest BCUT2D eigenvalue weighted by molar-refractivity contribution is 6.30. The molecule has 0 N–H and O–H groups in total. The molecule has 2 heterocycles. The summed E-state index contributed by atoms with van der Waals surface area (Å²) in [6.45, 7) is 1.26. The number of carbonyl (C=O) groups excluding carboxylic acids is 1. The Morgan fingerprint density at radius 3 is 2.76 bits per heavy atom. The predicted octanol–water partition coefficient (Wildman–Crippen LogP) is 4.15. The van der Waals surface area contributed by atoms with Crippen molar-refractivity contribution in [3.8, 4) is 11.1 Å². The highest BCUT2D eigenvalue weighted by atomic mass is 35.5. The summed E-state index contributed by atoms with van der Waals surface area (Å²) in [5.74, 6) is -1.63. The van der Waals surface area contributed by atoms with Gasteiger partial charge in [0.25, 0.3) is 5.69 Å². The number of benzene rings is 2. The summed E-state index contributed by atoms with van der Waals surface area (Å²) in [5.41, 5.74) is 0.480. The van der Waals surface area contributed by atoms with Crippen molar-refractivity contribution in [3.63, 3.8) is 0 Å². The minimum absolute atomic E-state index is 0.0449. The first-order valence-corrected chi connectivity index (χ1v) is 10.4. The van der Waals surface area contributed by atoms with Gasteiger partial charge in [-0.2, -0.15) is 5.10 Å². The lowest BCUT2D eigenvalue weighted by Crippen LogP contribution is -2.38. The van der Waals surface area contributed by atoms with E-state index in [4.69, 9.17) is 21.1 Å². The third-order valence-electron chi connectivity index (χ3n) is 5.43. The van der Waals surface area contributed by atoms with Gasteiger partial charge in [0, 0.05) is 48.2 Å². The Kier molecular flexibility index (Phi) is 6.30. The Morgan fingerprint density at radius 2 is 2.12 bits per heavy atom. The number of rotatable bonds is 5. The summed E-state index contributed by atoms with van der Waals surface area (Å²) in [5, 5.41) is 16.3. The van der Waals surface area contributed by atoms with E-state index >= 15 is 0 Å². The van der Waals surface area contributed by atoms with Crippen LogP contribution in [0.1, 0.15) is 22.0 Å². The summed E-state index contributed by atoms with van der Waals surface area (Å²) >= 11 is 5.86.